The second kappa shape index (κ2) is 10.3. The van der Waals surface area contributed by atoms with Gasteiger partial charge in [0.15, 0.2) is 12.4 Å². The van der Waals surface area contributed by atoms with Gasteiger partial charge in [0, 0.05) is 18.1 Å². The highest BCUT2D eigenvalue weighted by Crippen LogP contribution is 2.35. The lowest BCUT2D eigenvalue weighted by Crippen LogP contribution is -2.43. The van der Waals surface area contributed by atoms with Crippen LogP contribution >= 0.6 is 0 Å². The van der Waals surface area contributed by atoms with Crippen LogP contribution in [-0.2, 0) is 14.4 Å². The number of carboxylic acids is 1. The number of Topliss-reactive ketones (excluding diaryl/α,β-unsaturated/α-hetero) is 1. The fourth-order valence-corrected chi connectivity index (χ4v) is 3.11. The zero-order chi connectivity index (χ0) is 24.0. The van der Waals surface area contributed by atoms with Gasteiger partial charge in [-0.2, -0.15) is 0 Å². The molecule has 0 saturated carbocycles. The Morgan fingerprint density at radius 1 is 1.21 bits per heavy atom. The summed E-state index contributed by atoms with van der Waals surface area (Å²) < 4.78 is 16.4. The number of carbonyl (C=O) groups is 4. The monoisotopic (exact) mass is 454 g/mol. The summed E-state index contributed by atoms with van der Waals surface area (Å²) in [7, 11) is 1.53. The molecule has 3 rings (SSSR count). The zero-order valence-electron chi connectivity index (χ0n) is 17.7. The molecule has 33 heavy (non-hydrogen) atoms. The van der Waals surface area contributed by atoms with Crippen LogP contribution in [0.4, 0.5) is 0 Å². The summed E-state index contributed by atoms with van der Waals surface area (Å²) in [5.41, 5.74) is 6.03. The second-order valence-electron chi connectivity index (χ2n) is 7.09. The number of amides is 2. The number of allylic oxidation sites excluding steroid dienone is 1. The molecule has 1 heterocycles. The van der Waals surface area contributed by atoms with Crippen LogP contribution in [0.1, 0.15) is 28.8 Å². The Balaban J connectivity index is 1.64. The fraction of sp³-hybridized carbons (Fsp3) is 0.217. The molecule has 0 radical (unpaired) electrons. The Hall–Kier alpha value is -4.34. The first-order valence-corrected chi connectivity index (χ1v) is 9.93. The summed E-state index contributed by atoms with van der Waals surface area (Å²) in [5, 5.41) is 11.4. The average molecular weight is 454 g/mol. The van der Waals surface area contributed by atoms with E-state index in [0.717, 1.165) is 0 Å². The van der Waals surface area contributed by atoms with Gasteiger partial charge in [-0.3, -0.25) is 14.4 Å². The topological polar surface area (TPSA) is 154 Å². The van der Waals surface area contributed by atoms with Crippen molar-refractivity contribution in [1.82, 2.24) is 5.32 Å². The smallest absolute Gasteiger partial charge is 0.326 e. The van der Waals surface area contributed by atoms with Crippen molar-refractivity contribution in [1.29, 1.82) is 0 Å². The number of para-hydroxylation sites is 1. The van der Waals surface area contributed by atoms with Gasteiger partial charge in [0.1, 0.15) is 23.3 Å². The number of carboxylic acid groups (broad SMARTS) is 1. The third kappa shape index (κ3) is 5.88. The van der Waals surface area contributed by atoms with Crippen LogP contribution in [0.15, 0.2) is 48.2 Å². The van der Waals surface area contributed by atoms with Crippen molar-refractivity contribution >= 4 is 29.6 Å². The number of ether oxygens (including phenoxy) is 3. The van der Waals surface area contributed by atoms with E-state index in [9.17, 15) is 19.2 Å². The van der Waals surface area contributed by atoms with Crippen molar-refractivity contribution in [3.05, 3.63) is 59.4 Å². The maximum Gasteiger partial charge on any atom is 0.326 e. The van der Waals surface area contributed by atoms with Gasteiger partial charge in [0.25, 0.3) is 5.91 Å². The predicted octanol–water partition coefficient (Wildman–Crippen LogP) is 1.53. The van der Waals surface area contributed by atoms with Crippen molar-refractivity contribution in [2.75, 3.05) is 13.7 Å². The summed E-state index contributed by atoms with van der Waals surface area (Å²) in [5.74, 6) is -1.74. The molecule has 2 aromatic rings. The van der Waals surface area contributed by atoms with Gasteiger partial charge in [0.05, 0.1) is 12.7 Å². The third-order valence-electron chi connectivity index (χ3n) is 4.75. The van der Waals surface area contributed by atoms with E-state index in [0.29, 0.717) is 16.9 Å². The molecule has 0 aromatic heterocycles. The van der Waals surface area contributed by atoms with Gasteiger partial charge in [0.2, 0.25) is 11.7 Å². The van der Waals surface area contributed by atoms with E-state index in [1.807, 2.05) is 6.07 Å². The zero-order valence-corrected chi connectivity index (χ0v) is 17.7. The van der Waals surface area contributed by atoms with E-state index in [4.69, 9.17) is 25.1 Å². The molecule has 0 aliphatic carbocycles. The normalized spacial score (nSPS) is 14.2. The van der Waals surface area contributed by atoms with Crippen LogP contribution in [0.2, 0.25) is 0 Å². The number of fused-ring (bicyclic) bond motifs is 1. The number of hydrogen-bond acceptors (Lipinski definition) is 7. The first-order chi connectivity index (χ1) is 15.8. The second-order valence-corrected chi connectivity index (χ2v) is 7.09. The maximum atomic E-state index is 12.6. The highest BCUT2D eigenvalue weighted by Gasteiger charge is 2.28. The third-order valence-corrected chi connectivity index (χ3v) is 4.75. The maximum absolute atomic E-state index is 12.6. The summed E-state index contributed by atoms with van der Waals surface area (Å²) in [4.78, 5) is 46.8. The average Bonchev–Trinajstić information content (AvgIpc) is 3.09. The summed E-state index contributed by atoms with van der Waals surface area (Å²) in [6.07, 6.45) is 1.26. The number of benzene rings is 2. The SMILES string of the molecule is COc1ccccc1C=C1Oc2cc(OCC(=O)NC(CCC(N)=O)C(=O)O)ccc2C1=O. The lowest BCUT2D eigenvalue weighted by molar-refractivity contribution is -0.142. The highest BCUT2D eigenvalue weighted by molar-refractivity contribution is 6.14. The molecule has 1 unspecified atom stereocenters. The van der Waals surface area contributed by atoms with Crippen molar-refractivity contribution in [2.24, 2.45) is 5.73 Å². The first-order valence-electron chi connectivity index (χ1n) is 9.93. The van der Waals surface area contributed by atoms with Crippen LogP contribution in [0.5, 0.6) is 17.2 Å². The molecule has 0 fully saturated rings. The molecule has 10 heteroatoms. The van der Waals surface area contributed by atoms with Gasteiger partial charge in [-0.25, -0.2) is 4.79 Å². The van der Waals surface area contributed by atoms with Gasteiger partial charge in [-0.1, -0.05) is 18.2 Å². The molecule has 4 N–H and O–H groups in total. The van der Waals surface area contributed by atoms with E-state index in [2.05, 4.69) is 5.32 Å². The van der Waals surface area contributed by atoms with Crippen molar-refractivity contribution in [3.63, 3.8) is 0 Å². The van der Waals surface area contributed by atoms with Crippen molar-refractivity contribution in [3.8, 4) is 17.2 Å². The molecule has 1 aliphatic rings. The van der Waals surface area contributed by atoms with Crippen LogP contribution in [0, 0.1) is 0 Å². The number of primary amides is 1. The van der Waals surface area contributed by atoms with E-state index < -0.39 is 30.4 Å². The van der Waals surface area contributed by atoms with Gasteiger partial charge in [-0.05, 0) is 30.7 Å². The number of methoxy groups -OCH3 is 1. The molecule has 1 atom stereocenters. The molecule has 0 spiro atoms. The van der Waals surface area contributed by atoms with Crippen LogP contribution < -0.4 is 25.3 Å². The van der Waals surface area contributed by atoms with Gasteiger partial charge < -0.3 is 30.4 Å². The van der Waals surface area contributed by atoms with E-state index >= 15 is 0 Å². The number of nitrogens with two attached hydrogens (primary N) is 1. The molecule has 0 saturated heterocycles. The van der Waals surface area contributed by atoms with Crippen molar-refractivity contribution < 1.29 is 38.5 Å². The molecular formula is C23H22N2O8. The Bertz CT molecular complexity index is 1130. The summed E-state index contributed by atoms with van der Waals surface area (Å²) >= 11 is 0. The molecule has 10 nitrogen and oxygen atoms in total. The van der Waals surface area contributed by atoms with E-state index in [1.165, 1.54) is 25.3 Å². The number of carbonyl (C=O) groups excluding carboxylic acids is 3. The Morgan fingerprint density at radius 3 is 2.67 bits per heavy atom. The number of ketones is 1. The molecule has 2 amide bonds. The summed E-state index contributed by atoms with van der Waals surface area (Å²) in [6, 6.07) is 10.4. The predicted molar refractivity (Wildman–Crippen MR) is 116 cm³/mol. The molecule has 172 valence electrons. The number of hydrogen-bond donors (Lipinski definition) is 3. The molecule has 0 bridgehead atoms. The Kier molecular flexibility index (Phi) is 7.29. The lowest BCUT2D eigenvalue weighted by atomic mass is 10.1. The van der Waals surface area contributed by atoms with Gasteiger partial charge >= 0.3 is 5.97 Å². The standard InChI is InChI=1S/C23H22N2O8/c1-31-17-5-3-2-4-13(17)10-19-22(28)15-7-6-14(11-18(15)33-19)32-12-21(27)25-16(23(29)30)8-9-20(24)26/h2-7,10-11,16H,8-9,12H2,1H3,(H2,24,26)(H,25,27)(H,29,30). The largest absolute Gasteiger partial charge is 0.496 e. The van der Waals surface area contributed by atoms with Crippen LogP contribution in [0.3, 0.4) is 0 Å². The van der Waals surface area contributed by atoms with E-state index in [-0.39, 0.29) is 35.9 Å². The Morgan fingerprint density at radius 2 is 1.97 bits per heavy atom. The minimum absolute atomic E-state index is 0.114. The quantitative estimate of drug-likeness (QED) is 0.457. The minimum Gasteiger partial charge on any atom is -0.496 e. The highest BCUT2D eigenvalue weighted by atomic mass is 16.5. The number of nitrogens with one attached hydrogen (secondary N) is 1. The lowest BCUT2D eigenvalue weighted by Gasteiger charge is -2.14. The van der Waals surface area contributed by atoms with Crippen LogP contribution in [-0.4, -0.2) is 48.4 Å². The fourth-order valence-electron chi connectivity index (χ4n) is 3.11. The van der Waals surface area contributed by atoms with E-state index in [1.54, 1.807) is 24.3 Å². The summed E-state index contributed by atoms with van der Waals surface area (Å²) in [6.45, 7) is -0.475. The Labute approximate surface area is 188 Å². The molecule has 2 aromatic carbocycles. The van der Waals surface area contributed by atoms with Crippen LogP contribution in [0.25, 0.3) is 6.08 Å². The van der Waals surface area contributed by atoms with Gasteiger partial charge in [-0.15, -0.1) is 0 Å². The number of rotatable bonds is 10. The minimum atomic E-state index is -1.29. The molecular weight excluding hydrogens is 432 g/mol. The first kappa shape index (κ1) is 23.3. The number of aliphatic carboxylic acids is 1. The molecule has 1 aliphatic heterocycles. The van der Waals surface area contributed by atoms with Crippen molar-refractivity contribution in [2.45, 2.75) is 18.9 Å².